The van der Waals surface area contributed by atoms with Crippen molar-refractivity contribution in [2.24, 2.45) is 0 Å². The number of aromatic nitrogens is 4. The van der Waals surface area contributed by atoms with E-state index in [1.807, 2.05) is 23.7 Å². The molecule has 1 aliphatic carbocycles. The summed E-state index contributed by atoms with van der Waals surface area (Å²) < 4.78 is 56.7. The molecule has 2 aromatic rings. The molecular formula is C18H24F2N6O2S. The van der Waals surface area contributed by atoms with Gasteiger partial charge in [-0.05, 0) is 55.9 Å². The lowest BCUT2D eigenvalue weighted by molar-refractivity contribution is 0.144. The minimum Gasteiger partial charge on any atom is -0.296 e. The van der Waals surface area contributed by atoms with E-state index in [-0.39, 0.29) is 19.1 Å². The molecule has 4 rings (SSSR count). The van der Waals surface area contributed by atoms with Gasteiger partial charge in [-0.25, -0.2) is 21.9 Å². The molecule has 1 aromatic carbocycles. The van der Waals surface area contributed by atoms with Crippen LogP contribution in [0.1, 0.15) is 44.0 Å². The lowest BCUT2D eigenvalue weighted by atomic mass is 9.95. The summed E-state index contributed by atoms with van der Waals surface area (Å²) in [7, 11) is -0.400. The number of benzene rings is 1. The topological polar surface area (TPSA) is 84.2 Å². The first kappa shape index (κ1) is 20.3. The smallest absolute Gasteiger partial charge is 0.246 e. The maximum atomic E-state index is 14.2. The molecule has 0 radical (unpaired) electrons. The fraction of sp³-hybridized carbons (Fsp3) is 0.611. The molecule has 29 heavy (non-hydrogen) atoms. The lowest BCUT2D eigenvalue weighted by Crippen LogP contribution is -2.47. The number of rotatable bonds is 5. The van der Waals surface area contributed by atoms with Gasteiger partial charge in [0.25, 0.3) is 0 Å². The van der Waals surface area contributed by atoms with Crippen molar-refractivity contribution in [1.29, 1.82) is 0 Å². The maximum Gasteiger partial charge on any atom is 0.246 e. The van der Waals surface area contributed by atoms with E-state index in [9.17, 15) is 17.2 Å². The Hall–Kier alpha value is -1.98. The summed E-state index contributed by atoms with van der Waals surface area (Å²) in [6.07, 6.45) is 4.68. The number of halogens is 2. The van der Waals surface area contributed by atoms with Crippen LogP contribution < -0.4 is 0 Å². The Morgan fingerprint density at radius 3 is 2.59 bits per heavy atom. The summed E-state index contributed by atoms with van der Waals surface area (Å²) in [6, 6.07) is 2.71. The molecule has 0 amide bonds. The molecule has 158 valence electrons. The summed E-state index contributed by atoms with van der Waals surface area (Å²) in [6.45, 7) is 0.279. The normalized spacial score (nSPS) is 24.0. The largest absolute Gasteiger partial charge is 0.296 e. The molecule has 0 spiro atoms. The molecule has 1 saturated heterocycles. The summed E-state index contributed by atoms with van der Waals surface area (Å²) in [4.78, 5) is 1.41. The number of hydrogen-bond acceptors (Lipinski definition) is 6. The molecule has 1 aliphatic heterocycles. The average molecular weight is 426 g/mol. The molecule has 8 nitrogen and oxygen atoms in total. The quantitative estimate of drug-likeness (QED) is 0.726. The van der Waals surface area contributed by atoms with Crippen LogP contribution in [0.4, 0.5) is 8.78 Å². The standard InChI is InChI=1S/C18H24F2N6O2S/c1-24(2)18(17-21-22-23-26(17)14-5-3-4-6-14)9-10-25(12-18)29(27,28)16-8-7-13(19)11-15(16)20/h7-8,11,14H,3-6,9-10,12H2,1-2H3. The highest BCUT2D eigenvalue weighted by Crippen LogP contribution is 2.40. The third kappa shape index (κ3) is 3.34. The first-order valence-corrected chi connectivity index (χ1v) is 11.1. The van der Waals surface area contributed by atoms with Gasteiger partial charge in [-0.2, -0.15) is 4.31 Å². The highest BCUT2D eigenvalue weighted by molar-refractivity contribution is 7.89. The highest BCUT2D eigenvalue weighted by Gasteiger charge is 2.50. The van der Waals surface area contributed by atoms with Gasteiger partial charge < -0.3 is 0 Å². The van der Waals surface area contributed by atoms with Crippen LogP contribution >= 0.6 is 0 Å². The lowest BCUT2D eigenvalue weighted by Gasteiger charge is -2.35. The van der Waals surface area contributed by atoms with E-state index in [2.05, 4.69) is 15.5 Å². The van der Waals surface area contributed by atoms with Crippen molar-refractivity contribution in [3.8, 4) is 0 Å². The number of hydrogen-bond donors (Lipinski definition) is 0. The number of tetrazole rings is 1. The first-order chi connectivity index (χ1) is 13.8. The Morgan fingerprint density at radius 1 is 1.21 bits per heavy atom. The van der Waals surface area contributed by atoms with E-state index in [1.165, 1.54) is 4.31 Å². The van der Waals surface area contributed by atoms with Crippen molar-refractivity contribution in [3.63, 3.8) is 0 Å². The van der Waals surface area contributed by atoms with Gasteiger partial charge in [0.1, 0.15) is 16.5 Å². The predicted octanol–water partition coefficient (Wildman–Crippen LogP) is 1.92. The molecule has 1 saturated carbocycles. The summed E-state index contributed by atoms with van der Waals surface area (Å²) >= 11 is 0. The molecule has 0 bridgehead atoms. The Balaban J connectivity index is 1.69. The van der Waals surface area contributed by atoms with Crippen molar-refractivity contribution >= 4 is 10.0 Å². The van der Waals surface area contributed by atoms with Crippen LogP contribution in [0.15, 0.2) is 23.1 Å². The van der Waals surface area contributed by atoms with Crippen LogP contribution in [0.2, 0.25) is 0 Å². The summed E-state index contributed by atoms with van der Waals surface area (Å²) in [5.41, 5.74) is -0.727. The van der Waals surface area contributed by atoms with Crippen LogP contribution in [-0.4, -0.2) is 65.0 Å². The van der Waals surface area contributed by atoms with E-state index < -0.39 is 32.1 Å². The zero-order valence-electron chi connectivity index (χ0n) is 16.4. The van der Waals surface area contributed by atoms with Crippen molar-refractivity contribution in [3.05, 3.63) is 35.7 Å². The van der Waals surface area contributed by atoms with Crippen molar-refractivity contribution in [2.45, 2.75) is 48.6 Å². The van der Waals surface area contributed by atoms with Gasteiger partial charge in [0, 0.05) is 19.2 Å². The molecule has 11 heteroatoms. The number of nitrogens with zero attached hydrogens (tertiary/aromatic N) is 6. The molecule has 0 N–H and O–H groups in total. The zero-order chi connectivity index (χ0) is 20.8. The van der Waals surface area contributed by atoms with Crippen LogP contribution in [-0.2, 0) is 15.6 Å². The summed E-state index contributed by atoms with van der Waals surface area (Å²) in [5, 5.41) is 12.3. The zero-order valence-corrected chi connectivity index (χ0v) is 17.2. The van der Waals surface area contributed by atoms with Crippen molar-refractivity contribution in [1.82, 2.24) is 29.4 Å². The Bertz CT molecular complexity index is 1010. The predicted molar refractivity (Wildman–Crippen MR) is 100 cm³/mol. The fourth-order valence-electron chi connectivity index (χ4n) is 4.43. The summed E-state index contributed by atoms with van der Waals surface area (Å²) in [5.74, 6) is -1.28. The van der Waals surface area contributed by atoms with Gasteiger partial charge in [0.15, 0.2) is 5.82 Å². The first-order valence-electron chi connectivity index (χ1n) is 9.67. The van der Waals surface area contributed by atoms with Gasteiger partial charge in [-0.1, -0.05) is 12.8 Å². The van der Waals surface area contributed by atoms with E-state index >= 15 is 0 Å². The Kier molecular flexibility index (Phi) is 5.16. The molecule has 2 aliphatic rings. The molecule has 1 aromatic heterocycles. The number of likely N-dealkylation sites (N-methyl/N-ethyl adjacent to an activating group) is 1. The Labute approximate surface area is 168 Å². The average Bonchev–Trinajstić information content (AvgIpc) is 3.40. The molecule has 2 heterocycles. The Morgan fingerprint density at radius 2 is 1.93 bits per heavy atom. The van der Waals surface area contributed by atoms with Crippen molar-refractivity contribution < 1.29 is 17.2 Å². The second-order valence-electron chi connectivity index (χ2n) is 7.97. The molecule has 1 unspecified atom stereocenters. The highest BCUT2D eigenvalue weighted by atomic mass is 32.2. The van der Waals surface area contributed by atoms with Crippen LogP contribution in [0, 0.1) is 11.6 Å². The van der Waals surface area contributed by atoms with Crippen LogP contribution in [0.25, 0.3) is 0 Å². The third-order valence-corrected chi connectivity index (χ3v) is 8.04. The van der Waals surface area contributed by atoms with E-state index in [4.69, 9.17) is 0 Å². The SMILES string of the molecule is CN(C)C1(c2nnnn2C2CCCC2)CCN(S(=O)(=O)c2ccc(F)cc2F)C1. The van der Waals surface area contributed by atoms with E-state index in [0.29, 0.717) is 18.3 Å². The maximum absolute atomic E-state index is 14.2. The van der Waals surface area contributed by atoms with Crippen LogP contribution in [0.5, 0.6) is 0 Å². The fourth-order valence-corrected chi connectivity index (χ4v) is 5.97. The van der Waals surface area contributed by atoms with Crippen molar-refractivity contribution in [2.75, 3.05) is 27.2 Å². The minimum absolute atomic E-state index is 0.0895. The molecule has 2 fully saturated rings. The van der Waals surface area contributed by atoms with Crippen LogP contribution in [0.3, 0.4) is 0 Å². The number of sulfonamides is 1. The van der Waals surface area contributed by atoms with E-state index in [0.717, 1.165) is 37.8 Å². The van der Waals surface area contributed by atoms with Gasteiger partial charge in [0.05, 0.1) is 11.6 Å². The second-order valence-corrected chi connectivity index (χ2v) is 9.88. The molecule has 1 atom stereocenters. The minimum atomic E-state index is -4.13. The van der Waals surface area contributed by atoms with E-state index in [1.54, 1.807) is 0 Å². The monoisotopic (exact) mass is 426 g/mol. The van der Waals surface area contributed by atoms with Gasteiger partial charge >= 0.3 is 0 Å². The third-order valence-electron chi connectivity index (χ3n) is 6.16. The van der Waals surface area contributed by atoms with Gasteiger partial charge in [-0.15, -0.1) is 5.10 Å². The van der Waals surface area contributed by atoms with Gasteiger partial charge in [0.2, 0.25) is 10.0 Å². The molecular weight excluding hydrogens is 402 g/mol. The second kappa shape index (κ2) is 7.37. The van der Waals surface area contributed by atoms with Gasteiger partial charge in [-0.3, -0.25) is 4.90 Å².